The smallest absolute Gasteiger partial charge is 0.309 e. The summed E-state index contributed by atoms with van der Waals surface area (Å²) >= 11 is 0. The van der Waals surface area contributed by atoms with Gasteiger partial charge in [-0.15, -0.1) is 0 Å². The highest BCUT2D eigenvalue weighted by Crippen LogP contribution is 2.25. The molecule has 5 heteroatoms. The number of aromatic nitrogens is 1. The number of rotatable bonds is 4. The van der Waals surface area contributed by atoms with Crippen molar-refractivity contribution in [2.24, 2.45) is 5.92 Å². The van der Waals surface area contributed by atoms with Crippen LogP contribution in [0.5, 0.6) is 0 Å². The molecule has 2 N–H and O–H groups in total. The molecular weight excluding hydrogens is 378 g/mol. The first-order valence-corrected chi connectivity index (χ1v) is 10.7. The molecule has 1 aromatic rings. The van der Waals surface area contributed by atoms with Gasteiger partial charge in [0, 0.05) is 23.7 Å². The van der Waals surface area contributed by atoms with E-state index in [9.17, 15) is 15.0 Å². The zero-order valence-corrected chi connectivity index (χ0v) is 18.5. The van der Waals surface area contributed by atoms with Crippen LogP contribution < -0.4 is 0 Å². The van der Waals surface area contributed by atoms with Crippen molar-refractivity contribution in [3.05, 3.63) is 66.0 Å². The first-order valence-electron chi connectivity index (χ1n) is 10.7. The van der Waals surface area contributed by atoms with E-state index >= 15 is 0 Å². The van der Waals surface area contributed by atoms with E-state index in [1.165, 1.54) is 0 Å². The lowest BCUT2D eigenvalue weighted by Crippen LogP contribution is -2.30. The topological polar surface area (TPSA) is 79.7 Å². The molecule has 1 aliphatic rings. The van der Waals surface area contributed by atoms with E-state index in [4.69, 9.17) is 4.74 Å². The number of ether oxygens (including phenoxy) is 1. The monoisotopic (exact) mass is 413 g/mol. The van der Waals surface area contributed by atoms with Crippen molar-refractivity contribution >= 4 is 5.97 Å². The molecule has 0 bridgehead atoms. The van der Waals surface area contributed by atoms with E-state index in [1.54, 1.807) is 13.1 Å². The molecule has 0 unspecified atom stereocenters. The number of cyclic esters (lactones) is 1. The van der Waals surface area contributed by atoms with Crippen molar-refractivity contribution in [2.45, 2.75) is 77.1 Å². The van der Waals surface area contributed by atoms with Crippen molar-refractivity contribution in [3.63, 3.8) is 0 Å². The lowest BCUT2D eigenvalue weighted by atomic mass is 9.91. The zero-order valence-electron chi connectivity index (χ0n) is 18.5. The number of hydrogen-bond donors (Lipinski definition) is 2. The Morgan fingerprint density at radius 1 is 1.40 bits per heavy atom. The number of aliphatic hydroxyl groups is 2. The lowest BCUT2D eigenvalue weighted by molar-refractivity contribution is -0.151. The molecule has 30 heavy (non-hydrogen) atoms. The van der Waals surface area contributed by atoms with Gasteiger partial charge in [0.05, 0.1) is 18.1 Å². The maximum Gasteiger partial charge on any atom is 0.309 e. The molecule has 0 radical (unpaired) electrons. The maximum absolute atomic E-state index is 12.4. The summed E-state index contributed by atoms with van der Waals surface area (Å²) in [5.41, 5.74) is 1.02. The molecule has 0 fully saturated rings. The molecule has 1 aliphatic heterocycles. The molecule has 0 amide bonds. The average molecular weight is 414 g/mol. The third-order valence-electron chi connectivity index (χ3n) is 5.51. The highest BCUT2D eigenvalue weighted by Gasteiger charge is 2.26. The van der Waals surface area contributed by atoms with Gasteiger partial charge in [-0.2, -0.15) is 0 Å². The van der Waals surface area contributed by atoms with Gasteiger partial charge in [-0.05, 0) is 50.8 Å². The minimum Gasteiger partial charge on any atom is -0.457 e. The van der Waals surface area contributed by atoms with Gasteiger partial charge >= 0.3 is 5.97 Å². The summed E-state index contributed by atoms with van der Waals surface area (Å²) in [5.74, 6) is -0.311. The molecule has 164 valence electrons. The van der Waals surface area contributed by atoms with Crippen LogP contribution in [-0.4, -0.2) is 39.0 Å². The first kappa shape index (κ1) is 24.0. The summed E-state index contributed by atoms with van der Waals surface area (Å²) in [6.45, 7) is 7.77. The predicted molar refractivity (Wildman–Crippen MR) is 119 cm³/mol. The number of carbonyl (C=O) groups excluding carboxylic acids is 1. The van der Waals surface area contributed by atoms with Crippen LogP contribution in [0.3, 0.4) is 0 Å². The van der Waals surface area contributed by atoms with Gasteiger partial charge in [0.2, 0.25) is 0 Å². The van der Waals surface area contributed by atoms with Gasteiger partial charge in [0.25, 0.3) is 0 Å². The van der Waals surface area contributed by atoms with Crippen molar-refractivity contribution < 1.29 is 19.7 Å². The molecule has 5 atom stereocenters. The summed E-state index contributed by atoms with van der Waals surface area (Å²) < 4.78 is 5.73. The number of pyridine rings is 1. The van der Waals surface area contributed by atoms with Gasteiger partial charge in [-0.1, -0.05) is 50.3 Å². The van der Waals surface area contributed by atoms with Crippen LogP contribution in [0.1, 0.15) is 65.0 Å². The minimum atomic E-state index is -0.898. The SMILES string of the molecule is C/C(=C\C=C\[C@@H](C)c1ccccn1)[C@H]1OC(=O)C[C@H](O)CC[C@@](C)(O)C/C=C/[C@@H]1C. The predicted octanol–water partition coefficient (Wildman–Crippen LogP) is 4.48. The van der Waals surface area contributed by atoms with Crippen LogP contribution in [0.25, 0.3) is 0 Å². The maximum atomic E-state index is 12.4. The van der Waals surface area contributed by atoms with Crippen molar-refractivity contribution in [2.75, 3.05) is 0 Å². The normalized spacial score (nSPS) is 31.5. The Balaban J connectivity index is 2.16. The summed E-state index contributed by atoms with van der Waals surface area (Å²) in [4.78, 5) is 16.7. The molecule has 0 aromatic carbocycles. The fourth-order valence-electron chi connectivity index (χ4n) is 3.53. The molecule has 5 nitrogen and oxygen atoms in total. The Morgan fingerprint density at radius 2 is 2.17 bits per heavy atom. The molecule has 0 saturated heterocycles. The Hall–Kier alpha value is -2.24. The van der Waals surface area contributed by atoms with Crippen molar-refractivity contribution in [1.29, 1.82) is 0 Å². The summed E-state index contributed by atoms with van der Waals surface area (Å²) in [6.07, 6.45) is 11.7. The summed E-state index contributed by atoms with van der Waals surface area (Å²) in [6, 6.07) is 5.86. The third kappa shape index (κ3) is 7.88. The highest BCUT2D eigenvalue weighted by atomic mass is 16.5. The Labute approximate surface area is 180 Å². The minimum absolute atomic E-state index is 0.0563. The van der Waals surface area contributed by atoms with Gasteiger partial charge in [0.1, 0.15) is 6.10 Å². The number of aliphatic hydroxyl groups excluding tert-OH is 1. The molecule has 2 heterocycles. The number of allylic oxidation sites excluding steroid dienone is 3. The third-order valence-corrected chi connectivity index (χ3v) is 5.51. The van der Waals surface area contributed by atoms with Gasteiger partial charge < -0.3 is 14.9 Å². The van der Waals surface area contributed by atoms with Crippen LogP contribution >= 0.6 is 0 Å². The van der Waals surface area contributed by atoms with Crippen LogP contribution in [0.4, 0.5) is 0 Å². The van der Waals surface area contributed by atoms with E-state index in [-0.39, 0.29) is 18.3 Å². The van der Waals surface area contributed by atoms with Gasteiger partial charge in [-0.25, -0.2) is 0 Å². The van der Waals surface area contributed by atoms with Crippen molar-refractivity contribution in [1.82, 2.24) is 4.98 Å². The summed E-state index contributed by atoms with van der Waals surface area (Å²) in [5, 5.41) is 20.6. The molecule has 0 saturated carbocycles. The van der Waals surface area contributed by atoms with Crippen molar-refractivity contribution in [3.8, 4) is 0 Å². The standard InChI is InChI=1S/C25H35NO4/c1-18(22-12-5-6-16-26-22)9-7-10-19(2)24-20(3)11-8-14-25(4,29)15-13-21(27)17-23(28)30-24/h5-12,16,18,20-21,24,27,29H,13-15,17H2,1-4H3/b9-7+,11-8+,19-10+/t18-,20+,21-,24-,25+/m1/s1. The molecule has 2 rings (SSSR count). The molecule has 0 spiro atoms. The number of hydrogen-bond acceptors (Lipinski definition) is 5. The number of esters is 1. The van der Waals surface area contributed by atoms with Crippen LogP contribution in [0.2, 0.25) is 0 Å². The zero-order chi connectivity index (χ0) is 22.1. The van der Waals surface area contributed by atoms with E-state index < -0.39 is 23.8 Å². The van der Waals surface area contributed by atoms with E-state index in [2.05, 4.69) is 18.0 Å². The van der Waals surface area contributed by atoms with E-state index in [0.717, 1.165) is 11.3 Å². The molecule has 1 aromatic heterocycles. The average Bonchev–Trinajstić information content (AvgIpc) is 2.70. The van der Waals surface area contributed by atoms with Crippen LogP contribution in [0, 0.1) is 5.92 Å². The Bertz CT molecular complexity index is 767. The highest BCUT2D eigenvalue weighted by molar-refractivity contribution is 5.70. The van der Waals surface area contributed by atoms with E-state index in [0.29, 0.717) is 19.3 Å². The largest absolute Gasteiger partial charge is 0.457 e. The Morgan fingerprint density at radius 3 is 2.87 bits per heavy atom. The number of nitrogens with zero attached hydrogens (tertiary/aromatic N) is 1. The van der Waals surface area contributed by atoms with E-state index in [1.807, 2.05) is 56.4 Å². The second-order valence-electron chi connectivity index (χ2n) is 8.63. The number of carbonyl (C=O) groups is 1. The van der Waals surface area contributed by atoms with Gasteiger partial charge in [0.15, 0.2) is 0 Å². The lowest BCUT2D eigenvalue weighted by Gasteiger charge is -2.27. The molecule has 0 aliphatic carbocycles. The fourth-order valence-corrected chi connectivity index (χ4v) is 3.53. The second kappa shape index (κ2) is 11.2. The Kier molecular flexibility index (Phi) is 9.00. The van der Waals surface area contributed by atoms with Gasteiger partial charge in [-0.3, -0.25) is 9.78 Å². The quantitative estimate of drug-likeness (QED) is 0.432. The fraction of sp³-hybridized carbons (Fsp3) is 0.520. The van der Waals surface area contributed by atoms with Crippen LogP contribution in [-0.2, 0) is 9.53 Å². The summed E-state index contributed by atoms with van der Waals surface area (Å²) in [7, 11) is 0. The van der Waals surface area contributed by atoms with Crippen LogP contribution in [0.15, 0.2) is 60.3 Å². The first-order chi connectivity index (χ1) is 14.2. The second-order valence-corrected chi connectivity index (χ2v) is 8.63. The molecular formula is C25H35NO4.